The summed E-state index contributed by atoms with van der Waals surface area (Å²) in [6.07, 6.45) is 3.04. The van der Waals surface area contributed by atoms with E-state index in [9.17, 15) is 46.3 Å². The average Bonchev–Trinajstić information content (AvgIpc) is 2.55. The fourth-order valence-electron chi connectivity index (χ4n) is 7.83. The summed E-state index contributed by atoms with van der Waals surface area (Å²) in [7, 11) is 14.8. The molecule has 0 saturated carbocycles. The number of carbonyl (C=O) groups excluding carboxylic acids is 5. The fourth-order valence-corrected chi connectivity index (χ4v) is 7.99. The molecule has 25 heteroatoms. The summed E-state index contributed by atoms with van der Waals surface area (Å²) >= 11 is 12.9. The van der Waals surface area contributed by atoms with E-state index in [1.54, 1.807) is 76.2 Å². The molecule has 0 radical (unpaired) electrons. The predicted molar refractivity (Wildman–Crippen MR) is 360 cm³/mol. The number of alkyl halides is 2. The third-order valence-corrected chi connectivity index (χ3v) is 11.9. The van der Waals surface area contributed by atoms with Crippen molar-refractivity contribution in [2.75, 3.05) is 25.2 Å². The summed E-state index contributed by atoms with van der Waals surface area (Å²) in [4.78, 5) is 79.2. The van der Waals surface area contributed by atoms with E-state index in [0.717, 1.165) is 52.2 Å². The number of aryl methyl sites for hydroxylation is 8. The number of carboxylic acid groups (broad SMARTS) is 1. The lowest BCUT2D eigenvalue weighted by molar-refractivity contribution is -0.111. The number of nitrogens with one attached hydrogen (secondary N) is 4. The van der Waals surface area contributed by atoms with Crippen molar-refractivity contribution < 1.29 is 65.6 Å². The highest BCUT2D eigenvalue weighted by atomic mass is 35.8. The second kappa shape index (κ2) is 47.2. The molecule has 0 unspecified atom stereocenters. The minimum atomic E-state index is -1.72. The SMILES string of the molecule is C.C.C.CCOC(=O)c1cc(C(=O)Cc2cccc(F)c2)c(C)[nH]1.CCOC(=O)c1cc(CCc2cccc(F)c2)c(C)[nH]1.CCOC(=O)c1ccc(C)[nH]1.Cc1[nH]c(C(=O)O)cc1CCc1cccc(F)c1.ClCCl.O=C(Cl)Cc1cccc(F)c1.[Cl][Al]([Cl])[Cl]. The number of carboxylic acids is 1. The van der Waals surface area contributed by atoms with Crippen LogP contribution in [-0.2, 0) is 57.5 Å². The molecule has 0 aliphatic rings. The van der Waals surface area contributed by atoms with Gasteiger partial charge in [0.2, 0.25) is 5.24 Å². The van der Waals surface area contributed by atoms with E-state index in [1.165, 1.54) is 54.6 Å². The number of carbonyl (C=O) groups is 6. The molecule has 91 heavy (non-hydrogen) atoms. The Hall–Kier alpha value is -6.79. The number of aromatic nitrogens is 4. The monoisotopic (exact) mass is 1400 g/mol. The number of ether oxygens (including phenoxy) is 3. The molecule has 4 heterocycles. The van der Waals surface area contributed by atoms with E-state index in [-0.39, 0.29) is 99.4 Å². The topological polar surface area (TPSA) is 213 Å². The van der Waals surface area contributed by atoms with Crippen LogP contribution in [0, 0.1) is 51.0 Å². The molecule has 0 fully saturated rings. The number of Topliss-reactive ketones (excluding diaryl/α,β-unsaturated/α-hetero) is 1. The second-order valence-electron chi connectivity index (χ2n) is 18.4. The zero-order chi connectivity index (χ0) is 65.9. The third kappa shape index (κ3) is 35.0. The maximum atomic E-state index is 13.1. The Labute approximate surface area is 562 Å². The van der Waals surface area contributed by atoms with Crippen LogP contribution < -0.4 is 0 Å². The predicted octanol–water partition coefficient (Wildman–Crippen LogP) is 18.1. The van der Waals surface area contributed by atoms with E-state index >= 15 is 0 Å². The van der Waals surface area contributed by atoms with E-state index < -0.39 is 28.6 Å². The van der Waals surface area contributed by atoms with E-state index in [0.29, 0.717) is 59.8 Å². The Kier molecular flexibility index (Phi) is 44.7. The van der Waals surface area contributed by atoms with Gasteiger partial charge in [-0.2, -0.15) is 0 Å². The van der Waals surface area contributed by atoms with Crippen LogP contribution in [0.25, 0.3) is 0 Å². The summed E-state index contributed by atoms with van der Waals surface area (Å²) in [5, 5.41) is 8.58. The first-order valence-electron chi connectivity index (χ1n) is 26.9. The van der Waals surface area contributed by atoms with Crippen molar-refractivity contribution in [3.63, 3.8) is 0 Å². The van der Waals surface area contributed by atoms with Crippen LogP contribution in [-0.4, -0.2) is 96.5 Å². The van der Waals surface area contributed by atoms with Gasteiger partial charge in [-0.25, -0.2) is 66.9 Å². The van der Waals surface area contributed by atoms with Crippen LogP contribution in [0.1, 0.15) is 152 Å². The summed E-state index contributed by atoms with van der Waals surface area (Å²) in [5.41, 5.74) is 10.3. The van der Waals surface area contributed by atoms with Crippen molar-refractivity contribution >= 4 is 111 Å². The van der Waals surface area contributed by atoms with E-state index in [1.807, 2.05) is 45.0 Å². The maximum Gasteiger partial charge on any atom is 0.643 e. The number of benzene rings is 4. The smallest absolute Gasteiger partial charge is 0.477 e. The second-order valence-corrected chi connectivity index (χ2v) is 26.1. The van der Waals surface area contributed by atoms with Gasteiger partial charge in [0.1, 0.15) is 46.0 Å². The quantitative estimate of drug-likeness (QED) is 0.0104. The first-order valence-corrected chi connectivity index (χ1v) is 33.6. The molecular formula is C66H79AlCl6F4N4O10. The summed E-state index contributed by atoms with van der Waals surface area (Å²) in [5.74, 6) is -3.46. The lowest BCUT2D eigenvalue weighted by Gasteiger charge is -2.01. The van der Waals surface area contributed by atoms with E-state index in [4.69, 9.17) is 84.3 Å². The highest BCUT2D eigenvalue weighted by Gasteiger charge is 2.18. The number of ketones is 1. The van der Waals surface area contributed by atoms with Gasteiger partial charge >= 0.3 is 35.3 Å². The van der Waals surface area contributed by atoms with E-state index in [2.05, 4.69) is 19.9 Å². The molecule has 4 aromatic carbocycles. The third-order valence-electron chi connectivity index (χ3n) is 11.7. The Morgan fingerprint density at radius 2 is 0.802 bits per heavy atom. The molecule has 0 saturated heterocycles. The van der Waals surface area contributed by atoms with Gasteiger partial charge in [-0.15, -0.1) is 23.2 Å². The molecular weight excluding hydrogens is 1320 g/mol. The van der Waals surface area contributed by atoms with Gasteiger partial charge in [-0.3, -0.25) is 9.59 Å². The molecule has 8 rings (SSSR count). The lowest BCUT2D eigenvalue weighted by atomic mass is 10.0. The zero-order valence-corrected chi connectivity index (χ0v) is 54.9. The number of hydrogen-bond donors (Lipinski definition) is 5. The van der Waals surface area contributed by atoms with Crippen LogP contribution >= 0.6 is 65.0 Å². The van der Waals surface area contributed by atoms with Gasteiger partial charge in [-0.1, -0.05) is 70.8 Å². The van der Waals surface area contributed by atoms with Crippen molar-refractivity contribution in [1.82, 2.24) is 19.9 Å². The highest BCUT2D eigenvalue weighted by Crippen LogP contribution is 2.19. The lowest BCUT2D eigenvalue weighted by Crippen LogP contribution is -2.05. The Morgan fingerprint density at radius 1 is 0.462 bits per heavy atom. The van der Waals surface area contributed by atoms with Gasteiger partial charge in [0, 0.05) is 41.2 Å². The fraction of sp³-hybridized carbons (Fsp3) is 0.303. The molecule has 5 N–H and O–H groups in total. The van der Waals surface area contributed by atoms with Gasteiger partial charge in [0.15, 0.2) is 5.78 Å². The number of hydrogen-bond acceptors (Lipinski definition) is 9. The maximum absolute atomic E-state index is 13.1. The number of rotatable bonds is 18. The molecule has 0 amide bonds. The number of H-pyrrole nitrogens is 4. The first kappa shape index (κ1) is 86.3. The molecule has 14 nitrogen and oxygen atoms in total. The average molecular weight is 1400 g/mol. The molecule has 0 aliphatic carbocycles. The molecule has 0 aliphatic heterocycles. The molecule has 4 aromatic heterocycles. The van der Waals surface area contributed by atoms with Crippen molar-refractivity contribution in [2.45, 2.75) is 109 Å². The zero-order valence-electron chi connectivity index (χ0n) is 49.2. The number of aromatic carboxylic acids is 1. The molecule has 0 spiro atoms. The van der Waals surface area contributed by atoms with Crippen LogP contribution in [0.3, 0.4) is 0 Å². The Bertz CT molecular complexity index is 3480. The molecule has 0 bridgehead atoms. The van der Waals surface area contributed by atoms with Crippen molar-refractivity contribution in [3.05, 3.63) is 235 Å². The highest BCUT2D eigenvalue weighted by molar-refractivity contribution is 7.54. The summed E-state index contributed by atoms with van der Waals surface area (Å²) in [6.45, 7) is 13.7. The Balaban J connectivity index is 0. The number of halogens is 10. The normalized spacial score (nSPS) is 9.64. The summed E-state index contributed by atoms with van der Waals surface area (Å²) in [6, 6.07) is 33.2. The first-order chi connectivity index (χ1) is 41.7. The Morgan fingerprint density at radius 3 is 1.15 bits per heavy atom. The van der Waals surface area contributed by atoms with Crippen LogP contribution in [0.2, 0.25) is 0 Å². The largest absolute Gasteiger partial charge is 0.643 e. The summed E-state index contributed by atoms with van der Waals surface area (Å²) < 4.78 is 66.3. The number of esters is 3. The van der Waals surface area contributed by atoms with Gasteiger partial charge in [-0.05, 0) is 198 Å². The van der Waals surface area contributed by atoms with Crippen LogP contribution in [0.4, 0.5) is 17.6 Å². The van der Waals surface area contributed by atoms with Crippen molar-refractivity contribution in [1.29, 1.82) is 0 Å². The van der Waals surface area contributed by atoms with Gasteiger partial charge in [0.25, 0.3) is 0 Å². The van der Waals surface area contributed by atoms with Crippen molar-refractivity contribution in [3.8, 4) is 0 Å². The molecule has 8 aromatic rings. The van der Waals surface area contributed by atoms with Crippen LogP contribution in [0.15, 0.2) is 127 Å². The number of aromatic amines is 4. The minimum Gasteiger partial charge on any atom is -0.477 e. The standard InChI is InChI=1S/C16H16FNO3.C16H18FNO2.C14H14FNO2.C8H6ClFO.C8H11NO2.CH2Cl2.3CH4.Al.3ClH/c1-3-21-16(20)14-9-13(10(2)18-14)15(19)8-11-5-4-6-12(17)7-11;1-3-20-16(19)15-10-13(11(2)18-15)8-7-12-5-4-6-14(17)9-12;1-9-11(8-13(16-9)14(17)18)6-5-10-3-2-4-12(15)7-10;9-8(11)5-6-2-1-3-7(10)4-6;1-3-11-8(10)7-5-4-6(2)9-7;2-1-3;;;;;;;/h4-7,9,18H,3,8H2,1-2H3;4-6,9-10,18H,3,7-8H2,1-2H3;2-4,7-8,16H,5-6H2,1H3,(H,17,18);1-4H,5H2;4-5,9H,3H2,1-2H3;1H2;3*1H4;;3*1H/q;;;;;;;;;+3;;;/p-3. The molecule has 0 atom stereocenters. The van der Waals surface area contributed by atoms with Crippen molar-refractivity contribution in [2.24, 2.45) is 0 Å². The van der Waals surface area contributed by atoms with Gasteiger partial charge < -0.3 is 39.3 Å². The molecule has 496 valence electrons. The van der Waals surface area contributed by atoms with Gasteiger partial charge in [0.05, 0.1) is 25.2 Å². The minimum absolute atomic E-state index is 0. The van der Waals surface area contributed by atoms with Crippen LogP contribution in [0.5, 0.6) is 0 Å².